The molecule has 0 aliphatic carbocycles. The van der Waals surface area contributed by atoms with Gasteiger partial charge in [-0.05, 0) is 45.0 Å². The highest BCUT2D eigenvalue weighted by molar-refractivity contribution is 5.94. The molecule has 1 rings (SSSR count). The van der Waals surface area contributed by atoms with Gasteiger partial charge in [0.1, 0.15) is 0 Å². The lowest BCUT2D eigenvalue weighted by molar-refractivity contribution is 0.0919. The number of anilines is 1. The quantitative estimate of drug-likeness (QED) is 0.837. The summed E-state index contributed by atoms with van der Waals surface area (Å²) < 4.78 is 0. The molecule has 4 heteroatoms. The molecule has 1 aromatic carbocycles. The van der Waals surface area contributed by atoms with Crippen LogP contribution in [-0.4, -0.2) is 18.5 Å². The Morgan fingerprint density at radius 3 is 2.00 bits per heavy atom. The second-order valence-electron chi connectivity index (χ2n) is 4.53. The molecule has 0 aliphatic heterocycles. The fraction of sp³-hybridized carbons (Fsp3) is 0.417. The number of rotatable bonds is 2. The Morgan fingerprint density at radius 2 is 1.62 bits per heavy atom. The molecular weight excluding hydrogens is 224 g/mol. The van der Waals surface area contributed by atoms with E-state index in [2.05, 4.69) is 10.6 Å². The Bertz CT molecular complexity index is 341. The molecule has 0 bridgehead atoms. The first-order chi connectivity index (χ1) is 6.92. The van der Waals surface area contributed by atoms with Crippen molar-refractivity contribution in [2.24, 2.45) is 0 Å². The van der Waals surface area contributed by atoms with Gasteiger partial charge in [0.25, 0.3) is 5.91 Å². The Hall–Kier alpha value is -1.22. The predicted octanol–water partition coefficient (Wildman–Crippen LogP) is 2.68. The van der Waals surface area contributed by atoms with E-state index >= 15 is 0 Å². The summed E-state index contributed by atoms with van der Waals surface area (Å²) in [7, 11) is 1.85. The van der Waals surface area contributed by atoms with E-state index in [-0.39, 0.29) is 23.9 Å². The highest BCUT2D eigenvalue weighted by atomic mass is 35.5. The van der Waals surface area contributed by atoms with E-state index in [1.807, 2.05) is 52.1 Å². The first kappa shape index (κ1) is 14.8. The zero-order chi connectivity index (χ0) is 11.5. The Balaban J connectivity index is 0.00000225. The van der Waals surface area contributed by atoms with Gasteiger partial charge in [0.15, 0.2) is 0 Å². The van der Waals surface area contributed by atoms with Gasteiger partial charge >= 0.3 is 0 Å². The molecule has 0 fully saturated rings. The minimum atomic E-state index is -0.196. The lowest BCUT2D eigenvalue weighted by Gasteiger charge is -2.20. The minimum absolute atomic E-state index is 0. The van der Waals surface area contributed by atoms with Gasteiger partial charge in [0, 0.05) is 23.8 Å². The highest BCUT2D eigenvalue weighted by Crippen LogP contribution is 2.09. The van der Waals surface area contributed by atoms with Gasteiger partial charge in [-0.1, -0.05) is 0 Å². The van der Waals surface area contributed by atoms with Crippen LogP contribution >= 0.6 is 12.4 Å². The minimum Gasteiger partial charge on any atom is -0.388 e. The smallest absolute Gasteiger partial charge is 0.251 e. The lowest BCUT2D eigenvalue weighted by atomic mass is 10.1. The zero-order valence-corrected chi connectivity index (χ0v) is 10.9. The van der Waals surface area contributed by atoms with Gasteiger partial charge in [0.05, 0.1) is 0 Å². The standard InChI is InChI=1S/C12H18N2O.ClH/c1-12(2,3)14-11(15)9-5-7-10(13-4)8-6-9;/h5-8,13H,1-4H3,(H,14,15);1H. The van der Waals surface area contributed by atoms with Gasteiger partial charge in [-0.25, -0.2) is 0 Å². The summed E-state index contributed by atoms with van der Waals surface area (Å²) in [4.78, 5) is 11.7. The maximum atomic E-state index is 11.7. The number of hydrogen-bond acceptors (Lipinski definition) is 2. The highest BCUT2D eigenvalue weighted by Gasteiger charge is 2.14. The average molecular weight is 243 g/mol. The van der Waals surface area contributed by atoms with E-state index in [1.165, 1.54) is 0 Å². The largest absolute Gasteiger partial charge is 0.388 e. The predicted molar refractivity (Wildman–Crippen MR) is 70.5 cm³/mol. The maximum absolute atomic E-state index is 11.7. The maximum Gasteiger partial charge on any atom is 0.251 e. The lowest BCUT2D eigenvalue weighted by Crippen LogP contribution is -2.40. The summed E-state index contributed by atoms with van der Waals surface area (Å²) in [5, 5.41) is 5.92. The van der Waals surface area contributed by atoms with Crippen molar-refractivity contribution in [3.8, 4) is 0 Å². The molecule has 0 radical (unpaired) electrons. The van der Waals surface area contributed by atoms with Crippen LogP contribution in [0.2, 0.25) is 0 Å². The number of carbonyl (C=O) groups excluding carboxylic acids is 1. The van der Waals surface area contributed by atoms with Crippen molar-refractivity contribution in [3.05, 3.63) is 29.8 Å². The Morgan fingerprint density at radius 1 is 1.12 bits per heavy atom. The zero-order valence-electron chi connectivity index (χ0n) is 10.1. The fourth-order valence-corrected chi connectivity index (χ4v) is 1.20. The van der Waals surface area contributed by atoms with Gasteiger partial charge in [-0.2, -0.15) is 0 Å². The van der Waals surface area contributed by atoms with Crippen LogP contribution in [0.3, 0.4) is 0 Å². The summed E-state index contributed by atoms with van der Waals surface area (Å²) in [5.74, 6) is -0.0369. The van der Waals surface area contributed by atoms with Crippen molar-refractivity contribution in [3.63, 3.8) is 0 Å². The van der Waals surface area contributed by atoms with Gasteiger partial charge in [0.2, 0.25) is 0 Å². The summed E-state index contributed by atoms with van der Waals surface area (Å²) in [6.07, 6.45) is 0. The van der Waals surface area contributed by atoms with Crippen LogP contribution in [0.25, 0.3) is 0 Å². The van der Waals surface area contributed by atoms with Crippen molar-refractivity contribution < 1.29 is 4.79 Å². The monoisotopic (exact) mass is 242 g/mol. The molecule has 0 heterocycles. The molecule has 16 heavy (non-hydrogen) atoms. The molecular formula is C12H19ClN2O. The molecule has 2 N–H and O–H groups in total. The fourth-order valence-electron chi connectivity index (χ4n) is 1.20. The number of amides is 1. The van der Waals surface area contributed by atoms with Crippen molar-refractivity contribution in [1.82, 2.24) is 5.32 Å². The van der Waals surface area contributed by atoms with Gasteiger partial charge < -0.3 is 10.6 Å². The molecule has 0 spiro atoms. The molecule has 0 aromatic heterocycles. The third-order valence-corrected chi connectivity index (χ3v) is 1.92. The van der Waals surface area contributed by atoms with Crippen LogP contribution in [0.15, 0.2) is 24.3 Å². The van der Waals surface area contributed by atoms with Crippen LogP contribution in [0.5, 0.6) is 0 Å². The van der Waals surface area contributed by atoms with Crippen LogP contribution in [0, 0.1) is 0 Å². The number of benzene rings is 1. The number of carbonyl (C=O) groups is 1. The van der Waals surface area contributed by atoms with E-state index in [1.54, 1.807) is 0 Å². The Labute approximate surface area is 103 Å². The van der Waals surface area contributed by atoms with Crippen molar-refractivity contribution in [2.75, 3.05) is 12.4 Å². The van der Waals surface area contributed by atoms with Crippen LogP contribution in [0.4, 0.5) is 5.69 Å². The SMILES string of the molecule is CNc1ccc(C(=O)NC(C)(C)C)cc1.Cl. The summed E-state index contributed by atoms with van der Waals surface area (Å²) in [6, 6.07) is 7.40. The normalized spacial score (nSPS) is 10.2. The third-order valence-electron chi connectivity index (χ3n) is 1.92. The van der Waals surface area contributed by atoms with E-state index in [0.717, 1.165) is 5.69 Å². The average Bonchev–Trinajstić information content (AvgIpc) is 2.15. The van der Waals surface area contributed by atoms with Gasteiger partial charge in [-0.3, -0.25) is 4.79 Å². The molecule has 1 amide bonds. The van der Waals surface area contributed by atoms with E-state index in [4.69, 9.17) is 0 Å². The third kappa shape index (κ3) is 4.53. The second kappa shape index (κ2) is 5.75. The van der Waals surface area contributed by atoms with E-state index < -0.39 is 0 Å². The molecule has 1 aromatic rings. The first-order valence-corrected chi connectivity index (χ1v) is 5.03. The number of halogens is 1. The first-order valence-electron chi connectivity index (χ1n) is 5.03. The summed E-state index contributed by atoms with van der Waals surface area (Å²) in [5.41, 5.74) is 1.49. The van der Waals surface area contributed by atoms with Crippen LogP contribution in [0.1, 0.15) is 31.1 Å². The second-order valence-corrected chi connectivity index (χ2v) is 4.53. The summed E-state index contributed by atoms with van der Waals surface area (Å²) in [6.45, 7) is 5.90. The molecule has 3 nitrogen and oxygen atoms in total. The molecule has 90 valence electrons. The van der Waals surface area contributed by atoms with E-state index in [9.17, 15) is 4.79 Å². The van der Waals surface area contributed by atoms with Crippen molar-refractivity contribution in [1.29, 1.82) is 0 Å². The van der Waals surface area contributed by atoms with Crippen LogP contribution < -0.4 is 10.6 Å². The molecule has 0 saturated heterocycles. The van der Waals surface area contributed by atoms with Crippen LogP contribution in [-0.2, 0) is 0 Å². The van der Waals surface area contributed by atoms with Crippen molar-refractivity contribution in [2.45, 2.75) is 26.3 Å². The molecule has 0 aliphatic rings. The molecule has 0 unspecified atom stereocenters. The number of nitrogens with one attached hydrogen (secondary N) is 2. The van der Waals surface area contributed by atoms with E-state index in [0.29, 0.717) is 5.56 Å². The molecule has 0 atom stereocenters. The van der Waals surface area contributed by atoms with Gasteiger partial charge in [-0.15, -0.1) is 12.4 Å². The molecule has 0 saturated carbocycles. The summed E-state index contributed by atoms with van der Waals surface area (Å²) >= 11 is 0. The number of hydrogen-bond donors (Lipinski definition) is 2. The topological polar surface area (TPSA) is 41.1 Å². The van der Waals surface area contributed by atoms with Crippen molar-refractivity contribution >= 4 is 24.0 Å². The Kier molecular flexibility index (Phi) is 5.31.